The first-order valence-electron chi connectivity index (χ1n) is 5.85. The molecule has 0 spiro atoms. The second-order valence-electron chi connectivity index (χ2n) is 4.30. The van der Waals surface area contributed by atoms with Crippen LogP contribution in [0.1, 0.15) is 11.3 Å². The lowest BCUT2D eigenvalue weighted by atomic mass is 10.2. The van der Waals surface area contributed by atoms with Crippen molar-refractivity contribution in [3.8, 4) is 0 Å². The smallest absolute Gasteiger partial charge is 0.180 e. The molecule has 6 nitrogen and oxygen atoms in total. The van der Waals surface area contributed by atoms with Gasteiger partial charge in [-0.05, 0) is 22.9 Å². The topological polar surface area (TPSA) is 60.0 Å². The molecule has 0 unspecified atom stereocenters. The molecular weight excluding hydrogens is 308 g/mol. The van der Waals surface area contributed by atoms with Gasteiger partial charge in [-0.15, -0.1) is 0 Å². The molecule has 0 aliphatic heterocycles. The van der Waals surface area contributed by atoms with Crippen LogP contribution >= 0.6 is 15.9 Å². The number of imidazole rings is 1. The summed E-state index contributed by atoms with van der Waals surface area (Å²) in [4.78, 5) is 8.72. The van der Waals surface area contributed by atoms with Crippen molar-refractivity contribution < 1.29 is 0 Å². The van der Waals surface area contributed by atoms with Gasteiger partial charge in [-0.3, -0.25) is 4.68 Å². The van der Waals surface area contributed by atoms with Crippen LogP contribution < -0.4 is 5.32 Å². The fourth-order valence-corrected chi connectivity index (χ4v) is 2.31. The zero-order valence-electron chi connectivity index (χ0n) is 10.6. The molecule has 0 radical (unpaired) electrons. The van der Waals surface area contributed by atoms with Crippen molar-refractivity contribution in [1.29, 1.82) is 0 Å². The van der Waals surface area contributed by atoms with E-state index in [-0.39, 0.29) is 0 Å². The van der Waals surface area contributed by atoms with Gasteiger partial charge in [-0.2, -0.15) is 5.10 Å². The number of aryl methyl sites for hydroxylation is 1. The third kappa shape index (κ3) is 2.21. The van der Waals surface area contributed by atoms with Gasteiger partial charge in [0.25, 0.3) is 0 Å². The second kappa shape index (κ2) is 4.65. The van der Waals surface area contributed by atoms with Gasteiger partial charge in [0.05, 0.1) is 6.20 Å². The first kappa shape index (κ1) is 12.2. The Kier molecular flexibility index (Phi) is 2.98. The third-order valence-corrected chi connectivity index (χ3v) is 3.51. The lowest BCUT2D eigenvalue weighted by Gasteiger charge is -2.07. The van der Waals surface area contributed by atoms with E-state index >= 15 is 0 Å². The van der Waals surface area contributed by atoms with Crippen LogP contribution in [0.15, 0.2) is 29.4 Å². The minimum atomic E-state index is 0.672. The SMILES string of the molecule is Cc1c(CNc2nc(Br)cn3ccnc23)cnn1C. The van der Waals surface area contributed by atoms with Gasteiger partial charge in [0, 0.05) is 43.4 Å². The fraction of sp³-hybridized carbons (Fsp3) is 0.250. The molecule has 0 aliphatic carbocycles. The first-order chi connectivity index (χ1) is 9.15. The third-order valence-electron chi connectivity index (χ3n) is 3.13. The lowest BCUT2D eigenvalue weighted by molar-refractivity contribution is 0.738. The Morgan fingerprint density at radius 1 is 1.42 bits per heavy atom. The van der Waals surface area contributed by atoms with Crippen LogP contribution in [0.5, 0.6) is 0 Å². The van der Waals surface area contributed by atoms with Crippen LogP contribution in [0.2, 0.25) is 0 Å². The molecule has 0 aromatic carbocycles. The normalized spacial score (nSPS) is 11.1. The Hall–Kier alpha value is -1.89. The van der Waals surface area contributed by atoms with Gasteiger partial charge in [0.2, 0.25) is 0 Å². The highest BCUT2D eigenvalue weighted by Gasteiger charge is 2.08. The Morgan fingerprint density at radius 3 is 3.00 bits per heavy atom. The Balaban J connectivity index is 1.89. The number of aromatic nitrogens is 5. The van der Waals surface area contributed by atoms with Crippen molar-refractivity contribution in [2.45, 2.75) is 13.5 Å². The summed E-state index contributed by atoms with van der Waals surface area (Å²) in [6.45, 7) is 2.72. The molecule has 19 heavy (non-hydrogen) atoms. The Labute approximate surface area is 118 Å². The summed E-state index contributed by atoms with van der Waals surface area (Å²) in [5, 5.41) is 7.53. The van der Waals surface area contributed by atoms with Crippen molar-refractivity contribution in [1.82, 2.24) is 24.1 Å². The monoisotopic (exact) mass is 320 g/mol. The summed E-state index contributed by atoms with van der Waals surface area (Å²) in [6, 6.07) is 0. The number of rotatable bonds is 3. The predicted molar refractivity (Wildman–Crippen MR) is 76.0 cm³/mol. The summed E-state index contributed by atoms with van der Waals surface area (Å²) in [7, 11) is 1.93. The highest BCUT2D eigenvalue weighted by molar-refractivity contribution is 9.10. The van der Waals surface area contributed by atoms with E-state index in [1.165, 1.54) is 0 Å². The highest BCUT2D eigenvalue weighted by Crippen LogP contribution is 2.18. The molecule has 0 fully saturated rings. The average Bonchev–Trinajstić information content (AvgIpc) is 2.96. The largest absolute Gasteiger partial charge is 0.363 e. The van der Waals surface area contributed by atoms with Crippen molar-refractivity contribution in [2.75, 3.05) is 5.32 Å². The van der Waals surface area contributed by atoms with Gasteiger partial charge in [-0.1, -0.05) is 0 Å². The molecule has 98 valence electrons. The second-order valence-corrected chi connectivity index (χ2v) is 5.12. The molecule has 0 amide bonds. The predicted octanol–water partition coefficient (Wildman–Crippen LogP) is 2.15. The Morgan fingerprint density at radius 2 is 2.26 bits per heavy atom. The highest BCUT2D eigenvalue weighted by atomic mass is 79.9. The van der Waals surface area contributed by atoms with E-state index in [9.17, 15) is 0 Å². The number of hydrogen-bond donors (Lipinski definition) is 1. The molecule has 0 saturated heterocycles. The molecular formula is C12H13BrN6. The van der Waals surface area contributed by atoms with Crippen molar-refractivity contribution in [2.24, 2.45) is 7.05 Å². The summed E-state index contributed by atoms with van der Waals surface area (Å²) >= 11 is 3.40. The molecule has 3 heterocycles. The van der Waals surface area contributed by atoms with Crippen molar-refractivity contribution >= 4 is 27.4 Å². The van der Waals surface area contributed by atoms with Crippen LogP contribution in [0.3, 0.4) is 0 Å². The minimum Gasteiger partial charge on any atom is -0.363 e. The maximum absolute atomic E-state index is 4.42. The average molecular weight is 321 g/mol. The maximum Gasteiger partial charge on any atom is 0.180 e. The van der Waals surface area contributed by atoms with E-state index in [2.05, 4.69) is 36.3 Å². The molecule has 0 bridgehead atoms. The van der Waals surface area contributed by atoms with Gasteiger partial charge in [-0.25, -0.2) is 9.97 Å². The van der Waals surface area contributed by atoms with E-state index in [1.807, 2.05) is 41.6 Å². The number of nitrogens with one attached hydrogen (secondary N) is 1. The summed E-state index contributed by atoms with van der Waals surface area (Å²) < 4.78 is 4.55. The summed E-state index contributed by atoms with van der Waals surface area (Å²) in [5.41, 5.74) is 3.10. The van der Waals surface area contributed by atoms with E-state index in [4.69, 9.17) is 0 Å². The number of hydrogen-bond acceptors (Lipinski definition) is 4. The summed E-state index contributed by atoms with van der Waals surface area (Å²) in [6.07, 6.45) is 7.39. The van der Waals surface area contributed by atoms with E-state index < -0.39 is 0 Å². The van der Waals surface area contributed by atoms with Crippen molar-refractivity contribution in [3.63, 3.8) is 0 Å². The van der Waals surface area contributed by atoms with Crippen LogP contribution in [0.4, 0.5) is 5.82 Å². The zero-order valence-corrected chi connectivity index (χ0v) is 12.2. The fourth-order valence-electron chi connectivity index (χ4n) is 1.92. The minimum absolute atomic E-state index is 0.672. The lowest BCUT2D eigenvalue weighted by Crippen LogP contribution is -2.05. The molecule has 3 aromatic heterocycles. The van der Waals surface area contributed by atoms with E-state index in [0.717, 1.165) is 27.3 Å². The van der Waals surface area contributed by atoms with Gasteiger partial charge >= 0.3 is 0 Å². The van der Waals surface area contributed by atoms with E-state index in [1.54, 1.807) is 6.20 Å². The zero-order chi connectivity index (χ0) is 13.4. The molecule has 0 aliphatic rings. The summed E-state index contributed by atoms with van der Waals surface area (Å²) in [5.74, 6) is 0.752. The van der Waals surface area contributed by atoms with Crippen LogP contribution in [-0.4, -0.2) is 24.1 Å². The first-order valence-corrected chi connectivity index (χ1v) is 6.65. The van der Waals surface area contributed by atoms with Crippen LogP contribution in [-0.2, 0) is 13.6 Å². The Bertz CT molecular complexity index is 729. The number of halogens is 1. The van der Waals surface area contributed by atoms with Gasteiger partial charge < -0.3 is 9.72 Å². The van der Waals surface area contributed by atoms with Gasteiger partial charge in [0.1, 0.15) is 4.60 Å². The van der Waals surface area contributed by atoms with Crippen LogP contribution in [0.25, 0.3) is 5.65 Å². The van der Waals surface area contributed by atoms with Crippen molar-refractivity contribution in [3.05, 3.63) is 40.6 Å². The maximum atomic E-state index is 4.42. The molecule has 1 N–H and O–H groups in total. The standard InChI is InChI=1S/C12H13BrN6/c1-8-9(6-16-18(8)2)5-15-11-12-14-3-4-19(12)7-10(13)17-11/h3-4,6-7H,5H2,1-2H3,(H,15,17). The molecule has 7 heteroatoms. The molecule has 3 rings (SSSR count). The number of anilines is 1. The number of nitrogens with zero attached hydrogens (tertiary/aromatic N) is 5. The number of fused-ring (bicyclic) bond motifs is 1. The molecule has 0 atom stereocenters. The van der Waals surface area contributed by atoms with Gasteiger partial charge in [0.15, 0.2) is 11.5 Å². The quantitative estimate of drug-likeness (QED) is 0.803. The molecule has 3 aromatic rings. The molecule has 0 saturated carbocycles. The van der Waals surface area contributed by atoms with Crippen LogP contribution in [0, 0.1) is 6.92 Å². The van der Waals surface area contributed by atoms with E-state index in [0.29, 0.717) is 6.54 Å².